The number of amides is 2. The number of aromatic amines is 1. The molecule has 3 rings (SSSR count). The summed E-state index contributed by atoms with van der Waals surface area (Å²) in [5, 5.41) is 7.16. The van der Waals surface area contributed by atoms with Gasteiger partial charge >= 0.3 is 0 Å². The Bertz CT molecular complexity index is 551. The predicted octanol–water partition coefficient (Wildman–Crippen LogP) is 0.608. The summed E-state index contributed by atoms with van der Waals surface area (Å²) in [5.74, 6) is 0.287. The number of nitrogens with one attached hydrogen (secondary N) is 1. The molecule has 120 valence electrons. The number of piperidine rings is 1. The summed E-state index contributed by atoms with van der Waals surface area (Å²) in [6.45, 7) is 5.51. The van der Waals surface area contributed by atoms with Crippen LogP contribution in [0.2, 0.25) is 0 Å². The van der Waals surface area contributed by atoms with E-state index in [9.17, 15) is 9.59 Å². The smallest absolute Gasteiger partial charge is 0.274 e. The lowest BCUT2D eigenvalue weighted by molar-refractivity contribution is -0.130. The number of hydrogen-bond acceptors (Lipinski definition) is 4. The molecule has 0 saturated carbocycles. The van der Waals surface area contributed by atoms with Gasteiger partial charge in [-0.3, -0.25) is 14.7 Å². The molecule has 7 heteroatoms. The van der Waals surface area contributed by atoms with Crippen LogP contribution in [-0.2, 0) is 9.53 Å². The van der Waals surface area contributed by atoms with Gasteiger partial charge in [0.1, 0.15) is 5.69 Å². The van der Waals surface area contributed by atoms with Crippen molar-refractivity contribution in [2.45, 2.75) is 25.7 Å². The molecule has 0 radical (unpaired) electrons. The molecule has 3 heterocycles. The minimum absolute atomic E-state index is 0.0509. The second kappa shape index (κ2) is 6.48. The summed E-state index contributed by atoms with van der Waals surface area (Å²) in [6, 6.07) is 1.84. The van der Waals surface area contributed by atoms with Crippen LogP contribution in [0.15, 0.2) is 6.07 Å². The molecule has 2 amide bonds. The molecule has 0 bridgehead atoms. The van der Waals surface area contributed by atoms with Crippen molar-refractivity contribution in [3.8, 4) is 0 Å². The SMILES string of the molecule is CC(=O)N1CCC[C@H](c2cc(C(=O)N3CCOCC3)n[nH]2)C1. The van der Waals surface area contributed by atoms with Crippen LogP contribution in [-0.4, -0.2) is 71.2 Å². The van der Waals surface area contributed by atoms with E-state index in [0.29, 0.717) is 38.5 Å². The number of rotatable bonds is 2. The Morgan fingerprint density at radius 3 is 2.77 bits per heavy atom. The quantitative estimate of drug-likeness (QED) is 0.868. The van der Waals surface area contributed by atoms with Crippen molar-refractivity contribution in [2.24, 2.45) is 0 Å². The van der Waals surface area contributed by atoms with Gasteiger partial charge in [0.05, 0.1) is 13.2 Å². The van der Waals surface area contributed by atoms with E-state index in [2.05, 4.69) is 10.2 Å². The summed E-state index contributed by atoms with van der Waals surface area (Å²) in [4.78, 5) is 27.5. The summed E-state index contributed by atoms with van der Waals surface area (Å²) in [7, 11) is 0. The largest absolute Gasteiger partial charge is 0.378 e. The van der Waals surface area contributed by atoms with Crippen LogP contribution in [0.5, 0.6) is 0 Å². The standard InChI is InChI=1S/C15H22N4O3/c1-11(20)19-4-2-3-12(10-19)13-9-14(17-16-13)15(21)18-5-7-22-8-6-18/h9,12H,2-8,10H2,1H3,(H,16,17)/t12-/m0/s1. The zero-order valence-corrected chi connectivity index (χ0v) is 12.9. The van der Waals surface area contributed by atoms with Crippen LogP contribution < -0.4 is 0 Å². The van der Waals surface area contributed by atoms with Crippen molar-refractivity contribution < 1.29 is 14.3 Å². The number of H-pyrrole nitrogens is 1. The fourth-order valence-electron chi connectivity index (χ4n) is 3.10. The molecular formula is C15H22N4O3. The Kier molecular flexibility index (Phi) is 4.42. The lowest BCUT2D eigenvalue weighted by Gasteiger charge is -2.31. The topological polar surface area (TPSA) is 78.5 Å². The molecule has 1 atom stereocenters. The second-order valence-electron chi connectivity index (χ2n) is 5.92. The third kappa shape index (κ3) is 3.14. The van der Waals surface area contributed by atoms with E-state index in [4.69, 9.17) is 4.74 Å². The van der Waals surface area contributed by atoms with Gasteiger partial charge in [-0.05, 0) is 18.9 Å². The normalized spacial score (nSPS) is 22.7. The van der Waals surface area contributed by atoms with E-state index in [1.165, 1.54) is 0 Å². The van der Waals surface area contributed by atoms with E-state index in [0.717, 1.165) is 25.1 Å². The van der Waals surface area contributed by atoms with Crippen molar-refractivity contribution in [3.63, 3.8) is 0 Å². The van der Waals surface area contributed by atoms with Crippen LogP contribution in [0.3, 0.4) is 0 Å². The maximum Gasteiger partial charge on any atom is 0.274 e. The average molecular weight is 306 g/mol. The van der Waals surface area contributed by atoms with Gasteiger partial charge in [0.15, 0.2) is 0 Å². The van der Waals surface area contributed by atoms with Gasteiger partial charge in [-0.2, -0.15) is 5.10 Å². The highest BCUT2D eigenvalue weighted by molar-refractivity contribution is 5.92. The highest BCUT2D eigenvalue weighted by atomic mass is 16.5. The molecule has 1 aromatic heterocycles. The average Bonchev–Trinajstić information content (AvgIpc) is 3.05. The van der Waals surface area contributed by atoms with Gasteiger partial charge in [-0.15, -0.1) is 0 Å². The summed E-state index contributed by atoms with van der Waals surface area (Å²) in [5.41, 5.74) is 1.40. The first-order valence-electron chi connectivity index (χ1n) is 7.83. The predicted molar refractivity (Wildman–Crippen MR) is 79.5 cm³/mol. The summed E-state index contributed by atoms with van der Waals surface area (Å²) in [6.07, 6.45) is 1.99. The molecule has 2 aliphatic heterocycles. The van der Waals surface area contributed by atoms with Crippen LogP contribution >= 0.6 is 0 Å². The third-order valence-electron chi connectivity index (χ3n) is 4.42. The van der Waals surface area contributed by atoms with E-state index in [1.807, 2.05) is 11.0 Å². The highest BCUT2D eigenvalue weighted by Gasteiger charge is 2.26. The van der Waals surface area contributed by atoms with Crippen molar-refractivity contribution >= 4 is 11.8 Å². The number of aromatic nitrogens is 2. The molecule has 2 aliphatic rings. The highest BCUT2D eigenvalue weighted by Crippen LogP contribution is 2.26. The number of nitrogens with zero attached hydrogens (tertiary/aromatic N) is 3. The number of ether oxygens (including phenoxy) is 1. The summed E-state index contributed by atoms with van der Waals surface area (Å²) >= 11 is 0. The Hall–Kier alpha value is -1.89. The Labute approximate surface area is 129 Å². The van der Waals surface area contributed by atoms with E-state index in [1.54, 1.807) is 11.8 Å². The molecule has 7 nitrogen and oxygen atoms in total. The monoisotopic (exact) mass is 306 g/mol. The molecule has 0 aliphatic carbocycles. The Morgan fingerprint density at radius 2 is 2.05 bits per heavy atom. The Morgan fingerprint density at radius 1 is 1.27 bits per heavy atom. The van der Waals surface area contributed by atoms with Gasteiger partial charge in [-0.25, -0.2) is 0 Å². The number of hydrogen-bond donors (Lipinski definition) is 1. The van der Waals surface area contributed by atoms with Gasteiger partial charge in [0, 0.05) is 44.7 Å². The van der Waals surface area contributed by atoms with Crippen LogP contribution in [0.4, 0.5) is 0 Å². The first kappa shape index (κ1) is 15.0. The Balaban J connectivity index is 1.67. The van der Waals surface area contributed by atoms with Gasteiger partial charge in [0.2, 0.25) is 5.91 Å². The van der Waals surface area contributed by atoms with E-state index >= 15 is 0 Å². The summed E-state index contributed by atoms with van der Waals surface area (Å²) < 4.78 is 5.26. The molecule has 1 N–H and O–H groups in total. The minimum atomic E-state index is -0.0509. The van der Waals surface area contributed by atoms with Gasteiger partial charge in [0.25, 0.3) is 5.91 Å². The number of carbonyl (C=O) groups is 2. The fraction of sp³-hybridized carbons (Fsp3) is 0.667. The molecule has 2 fully saturated rings. The zero-order valence-electron chi connectivity index (χ0n) is 12.9. The number of carbonyl (C=O) groups excluding carboxylic acids is 2. The van der Waals surface area contributed by atoms with Crippen LogP contribution in [0.1, 0.15) is 41.9 Å². The first-order chi connectivity index (χ1) is 10.6. The molecular weight excluding hydrogens is 284 g/mol. The first-order valence-corrected chi connectivity index (χ1v) is 7.83. The lowest BCUT2D eigenvalue weighted by atomic mass is 9.94. The van der Waals surface area contributed by atoms with Crippen molar-refractivity contribution in [2.75, 3.05) is 39.4 Å². The maximum absolute atomic E-state index is 12.4. The molecule has 0 aromatic carbocycles. The molecule has 0 spiro atoms. The van der Waals surface area contributed by atoms with Gasteiger partial charge < -0.3 is 14.5 Å². The second-order valence-corrected chi connectivity index (χ2v) is 5.92. The maximum atomic E-state index is 12.4. The zero-order chi connectivity index (χ0) is 15.5. The van der Waals surface area contributed by atoms with Crippen LogP contribution in [0, 0.1) is 0 Å². The van der Waals surface area contributed by atoms with Crippen LogP contribution in [0.25, 0.3) is 0 Å². The number of morpholine rings is 1. The van der Waals surface area contributed by atoms with Crippen molar-refractivity contribution in [1.29, 1.82) is 0 Å². The van der Waals surface area contributed by atoms with E-state index in [-0.39, 0.29) is 17.7 Å². The lowest BCUT2D eigenvalue weighted by Crippen LogP contribution is -2.40. The number of likely N-dealkylation sites (tertiary alicyclic amines) is 1. The molecule has 1 aromatic rings. The minimum Gasteiger partial charge on any atom is -0.378 e. The molecule has 2 saturated heterocycles. The molecule has 22 heavy (non-hydrogen) atoms. The fourth-order valence-corrected chi connectivity index (χ4v) is 3.10. The van der Waals surface area contributed by atoms with E-state index < -0.39 is 0 Å². The molecule has 0 unspecified atom stereocenters. The van der Waals surface area contributed by atoms with Gasteiger partial charge in [-0.1, -0.05) is 0 Å². The van der Waals surface area contributed by atoms with Crippen molar-refractivity contribution in [3.05, 3.63) is 17.5 Å². The van der Waals surface area contributed by atoms with Crippen molar-refractivity contribution in [1.82, 2.24) is 20.0 Å². The third-order valence-corrected chi connectivity index (χ3v) is 4.42.